The fourth-order valence-corrected chi connectivity index (χ4v) is 2.50. The van der Waals surface area contributed by atoms with Gasteiger partial charge in [0.05, 0.1) is 0 Å². The summed E-state index contributed by atoms with van der Waals surface area (Å²) in [7, 11) is 4.33. The molecule has 1 atom stereocenters. The Morgan fingerprint density at radius 1 is 1.41 bits per heavy atom. The number of rotatable bonds is 3. The molecule has 0 aromatic heterocycles. The first-order valence-electron chi connectivity index (χ1n) is 6.33. The van der Waals surface area contributed by atoms with E-state index in [-0.39, 0.29) is 0 Å². The molecule has 3 nitrogen and oxygen atoms in total. The van der Waals surface area contributed by atoms with Crippen molar-refractivity contribution < 1.29 is 0 Å². The van der Waals surface area contributed by atoms with Crippen LogP contribution in [0.5, 0.6) is 0 Å². The van der Waals surface area contributed by atoms with Crippen LogP contribution < -0.4 is 10.6 Å². The van der Waals surface area contributed by atoms with Crippen molar-refractivity contribution in [3.05, 3.63) is 29.3 Å². The van der Waals surface area contributed by atoms with Gasteiger partial charge in [0.25, 0.3) is 0 Å². The van der Waals surface area contributed by atoms with Gasteiger partial charge >= 0.3 is 0 Å². The highest BCUT2D eigenvalue weighted by atomic mass is 15.2. The number of nitrogens with zero attached hydrogens (tertiary/aromatic N) is 2. The molecule has 0 bridgehead atoms. The zero-order valence-electron chi connectivity index (χ0n) is 11.1. The molecule has 1 unspecified atom stereocenters. The maximum absolute atomic E-state index is 5.70. The fourth-order valence-electron chi connectivity index (χ4n) is 2.50. The highest BCUT2D eigenvalue weighted by Crippen LogP contribution is 2.24. The lowest BCUT2D eigenvalue weighted by atomic mass is 10.1. The van der Waals surface area contributed by atoms with Crippen LogP contribution in [0.15, 0.2) is 18.2 Å². The predicted molar refractivity (Wildman–Crippen MR) is 73.4 cm³/mol. The Morgan fingerprint density at radius 3 is 2.71 bits per heavy atom. The van der Waals surface area contributed by atoms with Gasteiger partial charge in [0.2, 0.25) is 0 Å². The van der Waals surface area contributed by atoms with E-state index in [4.69, 9.17) is 5.73 Å². The molecule has 17 heavy (non-hydrogen) atoms. The number of nitrogens with two attached hydrogens (primary N) is 1. The van der Waals surface area contributed by atoms with Crippen LogP contribution in [-0.2, 0) is 6.54 Å². The van der Waals surface area contributed by atoms with E-state index in [0.29, 0.717) is 12.6 Å². The van der Waals surface area contributed by atoms with Crippen LogP contribution in [0.2, 0.25) is 0 Å². The van der Waals surface area contributed by atoms with Gasteiger partial charge in [-0.2, -0.15) is 0 Å². The molecule has 3 heteroatoms. The third kappa shape index (κ3) is 2.61. The zero-order chi connectivity index (χ0) is 12.4. The molecule has 0 amide bonds. The van der Waals surface area contributed by atoms with Crippen molar-refractivity contribution in [2.45, 2.75) is 25.9 Å². The summed E-state index contributed by atoms with van der Waals surface area (Å²) in [6.07, 6.45) is 1.25. The average molecular weight is 233 g/mol. The molecular weight excluding hydrogens is 210 g/mol. The second kappa shape index (κ2) is 5.07. The molecule has 94 valence electrons. The standard InChI is InChI=1S/C14H23N3/c1-11-8-13(5-4-12(11)9-15)17-7-6-14(10-17)16(2)3/h4-5,8,14H,6-7,9-10,15H2,1-3H3. The van der Waals surface area contributed by atoms with E-state index in [1.807, 2.05) is 0 Å². The number of hydrogen-bond acceptors (Lipinski definition) is 3. The van der Waals surface area contributed by atoms with Crippen LogP contribution in [0.25, 0.3) is 0 Å². The summed E-state index contributed by atoms with van der Waals surface area (Å²) in [5, 5.41) is 0. The number of benzene rings is 1. The first-order chi connectivity index (χ1) is 8.11. The van der Waals surface area contributed by atoms with E-state index in [9.17, 15) is 0 Å². The normalized spacial score (nSPS) is 20.3. The van der Waals surface area contributed by atoms with Crippen LogP contribution >= 0.6 is 0 Å². The minimum absolute atomic E-state index is 0.631. The Kier molecular flexibility index (Phi) is 3.69. The van der Waals surface area contributed by atoms with Gasteiger partial charge < -0.3 is 15.5 Å². The molecule has 1 aromatic carbocycles. The summed E-state index contributed by atoms with van der Waals surface area (Å²) < 4.78 is 0. The molecule has 1 fully saturated rings. The second-order valence-corrected chi connectivity index (χ2v) is 5.17. The summed E-state index contributed by atoms with van der Waals surface area (Å²) in [5.41, 5.74) is 9.58. The topological polar surface area (TPSA) is 32.5 Å². The molecule has 2 N–H and O–H groups in total. The summed E-state index contributed by atoms with van der Waals surface area (Å²) in [5.74, 6) is 0. The molecule has 1 aromatic rings. The molecule has 0 spiro atoms. The Morgan fingerprint density at radius 2 is 2.18 bits per heavy atom. The van der Waals surface area contributed by atoms with Crippen LogP contribution in [-0.4, -0.2) is 38.1 Å². The Hall–Kier alpha value is -1.06. The zero-order valence-corrected chi connectivity index (χ0v) is 11.1. The highest BCUT2D eigenvalue weighted by Gasteiger charge is 2.24. The van der Waals surface area contributed by atoms with E-state index in [1.165, 1.54) is 23.2 Å². The van der Waals surface area contributed by atoms with E-state index in [0.717, 1.165) is 13.1 Å². The Balaban J connectivity index is 2.11. The van der Waals surface area contributed by atoms with Crippen molar-refractivity contribution in [3.8, 4) is 0 Å². The SMILES string of the molecule is Cc1cc(N2CCC(N(C)C)C2)ccc1CN. The summed E-state index contributed by atoms with van der Waals surface area (Å²) in [6.45, 7) is 5.07. The highest BCUT2D eigenvalue weighted by molar-refractivity contribution is 5.51. The monoisotopic (exact) mass is 233 g/mol. The van der Waals surface area contributed by atoms with Crippen molar-refractivity contribution in [1.82, 2.24) is 4.90 Å². The number of hydrogen-bond donors (Lipinski definition) is 1. The van der Waals surface area contributed by atoms with Gasteiger partial charge in [-0.05, 0) is 50.7 Å². The molecule has 1 aliphatic rings. The minimum atomic E-state index is 0.631. The number of aryl methyl sites for hydroxylation is 1. The van der Waals surface area contributed by atoms with Crippen molar-refractivity contribution in [1.29, 1.82) is 0 Å². The van der Waals surface area contributed by atoms with Gasteiger partial charge in [-0.3, -0.25) is 0 Å². The van der Waals surface area contributed by atoms with Crippen LogP contribution in [0.3, 0.4) is 0 Å². The lowest BCUT2D eigenvalue weighted by Crippen LogP contribution is -2.31. The third-order valence-corrected chi connectivity index (χ3v) is 3.80. The summed E-state index contributed by atoms with van der Waals surface area (Å²) in [4.78, 5) is 4.79. The van der Waals surface area contributed by atoms with Crippen molar-refractivity contribution in [2.24, 2.45) is 5.73 Å². The smallest absolute Gasteiger partial charge is 0.0369 e. The van der Waals surface area contributed by atoms with Crippen LogP contribution in [0.4, 0.5) is 5.69 Å². The van der Waals surface area contributed by atoms with Gasteiger partial charge in [-0.15, -0.1) is 0 Å². The first-order valence-corrected chi connectivity index (χ1v) is 6.33. The van der Waals surface area contributed by atoms with E-state index >= 15 is 0 Å². The summed E-state index contributed by atoms with van der Waals surface area (Å²) >= 11 is 0. The van der Waals surface area contributed by atoms with E-state index in [1.54, 1.807) is 0 Å². The van der Waals surface area contributed by atoms with Crippen molar-refractivity contribution in [3.63, 3.8) is 0 Å². The largest absolute Gasteiger partial charge is 0.370 e. The van der Waals surface area contributed by atoms with Crippen LogP contribution in [0.1, 0.15) is 17.5 Å². The summed E-state index contributed by atoms with van der Waals surface area (Å²) in [6, 6.07) is 7.31. The molecule has 1 saturated heterocycles. The molecule has 2 rings (SSSR count). The van der Waals surface area contributed by atoms with Gasteiger partial charge in [0.15, 0.2) is 0 Å². The van der Waals surface area contributed by atoms with Crippen molar-refractivity contribution in [2.75, 3.05) is 32.1 Å². The maximum Gasteiger partial charge on any atom is 0.0369 e. The lowest BCUT2D eigenvalue weighted by molar-refractivity contribution is 0.315. The lowest BCUT2D eigenvalue weighted by Gasteiger charge is -2.22. The second-order valence-electron chi connectivity index (χ2n) is 5.17. The van der Waals surface area contributed by atoms with Gasteiger partial charge in [-0.1, -0.05) is 6.07 Å². The van der Waals surface area contributed by atoms with Crippen molar-refractivity contribution >= 4 is 5.69 Å². The van der Waals surface area contributed by atoms with Gasteiger partial charge in [0, 0.05) is 31.4 Å². The van der Waals surface area contributed by atoms with Gasteiger partial charge in [0.1, 0.15) is 0 Å². The fraction of sp³-hybridized carbons (Fsp3) is 0.571. The molecule has 1 aliphatic heterocycles. The van der Waals surface area contributed by atoms with Crippen LogP contribution in [0, 0.1) is 6.92 Å². The number of anilines is 1. The Bertz CT molecular complexity index is 387. The molecule has 1 heterocycles. The molecule has 0 saturated carbocycles. The Labute approximate surface area is 104 Å². The quantitative estimate of drug-likeness (QED) is 0.860. The van der Waals surface area contributed by atoms with Gasteiger partial charge in [-0.25, -0.2) is 0 Å². The first kappa shape index (κ1) is 12.4. The average Bonchev–Trinajstić information content (AvgIpc) is 2.78. The maximum atomic E-state index is 5.70. The molecular formula is C14H23N3. The number of likely N-dealkylation sites (N-methyl/N-ethyl adjacent to an activating group) is 1. The molecule has 0 radical (unpaired) electrons. The van der Waals surface area contributed by atoms with E-state index in [2.05, 4.69) is 49.0 Å². The van der Waals surface area contributed by atoms with E-state index < -0.39 is 0 Å². The predicted octanol–water partition coefficient (Wildman–Crippen LogP) is 1.59. The third-order valence-electron chi connectivity index (χ3n) is 3.80. The molecule has 0 aliphatic carbocycles. The minimum Gasteiger partial charge on any atom is -0.370 e.